The predicted octanol–water partition coefficient (Wildman–Crippen LogP) is 2.41. The standard InChI is InChI=1S/C14H22N2O/c15-11-14(7-3-1-2-4-8-14)13(17)12-6-5-9-16-10-12/h5-6,9-10,13,17H,1-4,7-8,11,15H2. The number of rotatable bonds is 3. The van der Waals surface area contributed by atoms with Crippen molar-refractivity contribution in [3.63, 3.8) is 0 Å². The zero-order chi connectivity index (χ0) is 12.1. The van der Waals surface area contributed by atoms with Crippen molar-refractivity contribution in [1.29, 1.82) is 0 Å². The van der Waals surface area contributed by atoms with Crippen LogP contribution in [0.4, 0.5) is 0 Å². The fraction of sp³-hybridized carbons (Fsp3) is 0.643. The number of hydrogen-bond donors (Lipinski definition) is 2. The van der Waals surface area contributed by atoms with Crippen molar-refractivity contribution < 1.29 is 5.11 Å². The zero-order valence-corrected chi connectivity index (χ0v) is 10.3. The van der Waals surface area contributed by atoms with Gasteiger partial charge in [-0.2, -0.15) is 0 Å². The minimum atomic E-state index is -0.473. The highest BCUT2D eigenvalue weighted by atomic mass is 16.3. The molecule has 0 bridgehead atoms. The molecule has 0 aromatic carbocycles. The fourth-order valence-corrected chi connectivity index (χ4v) is 2.91. The van der Waals surface area contributed by atoms with Gasteiger partial charge in [0.25, 0.3) is 0 Å². The maximum Gasteiger partial charge on any atom is 0.0873 e. The largest absolute Gasteiger partial charge is 0.388 e. The molecule has 1 aromatic heterocycles. The van der Waals surface area contributed by atoms with Gasteiger partial charge in [0.15, 0.2) is 0 Å². The van der Waals surface area contributed by atoms with Gasteiger partial charge in [0, 0.05) is 24.4 Å². The summed E-state index contributed by atoms with van der Waals surface area (Å²) in [6.45, 7) is 0.559. The number of pyridine rings is 1. The van der Waals surface area contributed by atoms with Crippen LogP contribution < -0.4 is 5.73 Å². The molecule has 94 valence electrons. The molecular formula is C14H22N2O. The predicted molar refractivity (Wildman–Crippen MR) is 68.4 cm³/mol. The fourth-order valence-electron chi connectivity index (χ4n) is 2.91. The SMILES string of the molecule is NCC1(C(O)c2cccnc2)CCCCCC1. The van der Waals surface area contributed by atoms with Crippen molar-refractivity contribution in [3.05, 3.63) is 30.1 Å². The van der Waals surface area contributed by atoms with Crippen LogP contribution in [0.2, 0.25) is 0 Å². The lowest BCUT2D eigenvalue weighted by atomic mass is 9.73. The summed E-state index contributed by atoms with van der Waals surface area (Å²) < 4.78 is 0. The Bertz CT molecular complexity index is 331. The number of hydrogen-bond acceptors (Lipinski definition) is 3. The van der Waals surface area contributed by atoms with E-state index in [0.717, 1.165) is 18.4 Å². The lowest BCUT2D eigenvalue weighted by Gasteiger charge is -2.36. The Kier molecular flexibility index (Phi) is 4.13. The molecule has 3 nitrogen and oxygen atoms in total. The topological polar surface area (TPSA) is 59.1 Å². The van der Waals surface area contributed by atoms with Crippen molar-refractivity contribution in [2.45, 2.75) is 44.6 Å². The quantitative estimate of drug-likeness (QED) is 0.790. The van der Waals surface area contributed by atoms with E-state index in [9.17, 15) is 5.11 Å². The van der Waals surface area contributed by atoms with Crippen LogP contribution in [0.25, 0.3) is 0 Å². The molecule has 0 spiro atoms. The summed E-state index contributed by atoms with van der Waals surface area (Å²) in [6.07, 6.45) is 9.95. The molecule has 1 saturated carbocycles. The van der Waals surface area contributed by atoms with Crippen LogP contribution in [-0.2, 0) is 0 Å². The molecule has 3 N–H and O–H groups in total. The van der Waals surface area contributed by atoms with Crippen LogP contribution in [0.3, 0.4) is 0 Å². The maximum absolute atomic E-state index is 10.6. The van der Waals surface area contributed by atoms with Crippen molar-refractivity contribution in [2.24, 2.45) is 11.1 Å². The van der Waals surface area contributed by atoms with E-state index >= 15 is 0 Å². The smallest absolute Gasteiger partial charge is 0.0873 e. The first-order chi connectivity index (χ1) is 8.28. The molecule has 0 radical (unpaired) electrons. The van der Waals surface area contributed by atoms with Crippen LogP contribution in [0.15, 0.2) is 24.5 Å². The first-order valence-corrected chi connectivity index (χ1v) is 6.56. The molecular weight excluding hydrogens is 212 g/mol. The van der Waals surface area contributed by atoms with Gasteiger partial charge in [0.1, 0.15) is 0 Å². The summed E-state index contributed by atoms with van der Waals surface area (Å²) in [6, 6.07) is 3.82. The summed E-state index contributed by atoms with van der Waals surface area (Å²) >= 11 is 0. The number of aromatic nitrogens is 1. The molecule has 1 unspecified atom stereocenters. The first-order valence-electron chi connectivity index (χ1n) is 6.56. The Labute approximate surface area is 103 Å². The Morgan fingerprint density at radius 1 is 1.29 bits per heavy atom. The molecule has 17 heavy (non-hydrogen) atoms. The monoisotopic (exact) mass is 234 g/mol. The van der Waals surface area contributed by atoms with Crippen molar-refractivity contribution in [3.8, 4) is 0 Å². The second kappa shape index (κ2) is 5.61. The van der Waals surface area contributed by atoms with E-state index in [0.29, 0.717) is 6.54 Å². The summed E-state index contributed by atoms with van der Waals surface area (Å²) in [5, 5.41) is 10.6. The number of nitrogens with two attached hydrogens (primary N) is 1. The summed E-state index contributed by atoms with van der Waals surface area (Å²) in [7, 11) is 0. The van der Waals surface area contributed by atoms with Gasteiger partial charge in [-0.3, -0.25) is 4.98 Å². The van der Waals surface area contributed by atoms with Crippen LogP contribution in [-0.4, -0.2) is 16.6 Å². The maximum atomic E-state index is 10.6. The van der Waals surface area contributed by atoms with Gasteiger partial charge >= 0.3 is 0 Å². The molecule has 1 fully saturated rings. The number of nitrogens with zero attached hydrogens (tertiary/aromatic N) is 1. The Balaban J connectivity index is 2.21. The van der Waals surface area contributed by atoms with E-state index < -0.39 is 6.10 Å². The minimum Gasteiger partial charge on any atom is -0.388 e. The molecule has 0 aliphatic heterocycles. The van der Waals surface area contributed by atoms with Gasteiger partial charge in [0.2, 0.25) is 0 Å². The van der Waals surface area contributed by atoms with Crippen LogP contribution in [0.1, 0.15) is 50.2 Å². The first kappa shape index (κ1) is 12.5. The molecule has 1 aliphatic carbocycles. The highest BCUT2D eigenvalue weighted by Gasteiger charge is 2.37. The molecule has 1 atom stereocenters. The summed E-state index contributed by atoms with van der Waals surface area (Å²) in [5.41, 5.74) is 6.73. The molecule has 0 saturated heterocycles. The molecule has 2 rings (SSSR count). The average molecular weight is 234 g/mol. The Hall–Kier alpha value is -0.930. The van der Waals surface area contributed by atoms with Crippen LogP contribution in [0, 0.1) is 5.41 Å². The summed E-state index contributed by atoms with van der Waals surface area (Å²) in [4.78, 5) is 4.09. The van der Waals surface area contributed by atoms with Crippen molar-refractivity contribution in [2.75, 3.05) is 6.54 Å². The van der Waals surface area contributed by atoms with E-state index in [1.165, 1.54) is 25.7 Å². The molecule has 1 aromatic rings. The van der Waals surface area contributed by atoms with Gasteiger partial charge in [0.05, 0.1) is 6.10 Å². The third kappa shape index (κ3) is 2.67. The third-order valence-corrected chi connectivity index (χ3v) is 4.09. The Morgan fingerprint density at radius 3 is 2.53 bits per heavy atom. The van der Waals surface area contributed by atoms with Gasteiger partial charge < -0.3 is 10.8 Å². The van der Waals surface area contributed by atoms with Crippen LogP contribution >= 0.6 is 0 Å². The Morgan fingerprint density at radius 2 is 2.00 bits per heavy atom. The second-order valence-corrected chi connectivity index (χ2v) is 5.17. The molecule has 0 amide bonds. The van der Waals surface area contributed by atoms with Gasteiger partial charge in [-0.05, 0) is 24.5 Å². The van der Waals surface area contributed by atoms with E-state index in [1.54, 1.807) is 12.4 Å². The van der Waals surface area contributed by atoms with Gasteiger partial charge in [-0.25, -0.2) is 0 Å². The average Bonchev–Trinajstić information content (AvgIpc) is 2.65. The third-order valence-electron chi connectivity index (χ3n) is 4.09. The number of aliphatic hydroxyl groups is 1. The van der Waals surface area contributed by atoms with Crippen LogP contribution in [0.5, 0.6) is 0 Å². The van der Waals surface area contributed by atoms with Gasteiger partial charge in [-0.15, -0.1) is 0 Å². The van der Waals surface area contributed by atoms with E-state index in [4.69, 9.17) is 5.73 Å². The molecule has 3 heteroatoms. The molecule has 1 aliphatic rings. The number of aliphatic hydroxyl groups excluding tert-OH is 1. The molecule has 1 heterocycles. The van der Waals surface area contributed by atoms with Crippen molar-refractivity contribution >= 4 is 0 Å². The van der Waals surface area contributed by atoms with E-state index in [2.05, 4.69) is 4.98 Å². The summed E-state index contributed by atoms with van der Waals surface area (Å²) in [5.74, 6) is 0. The normalized spacial score (nSPS) is 21.8. The van der Waals surface area contributed by atoms with Crippen molar-refractivity contribution in [1.82, 2.24) is 4.98 Å². The van der Waals surface area contributed by atoms with E-state index in [1.807, 2.05) is 12.1 Å². The lowest BCUT2D eigenvalue weighted by molar-refractivity contribution is 0.0164. The minimum absolute atomic E-state index is 0.139. The highest BCUT2D eigenvalue weighted by Crippen LogP contribution is 2.43. The highest BCUT2D eigenvalue weighted by molar-refractivity contribution is 5.15. The van der Waals surface area contributed by atoms with Gasteiger partial charge in [-0.1, -0.05) is 31.7 Å². The second-order valence-electron chi connectivity index (χ2n) is 5.17. The van der Waals surface area contributed by atoms with E-state index in [-0.39, 0.29) is 5.41 Å². The zero-order valence-electron chi connectivity index (χ0n) is 10.3. The lowest BCUT2D eigenvalue weighted by Crippen LogP contribution is -2.36.